The molecule has 0 bridgehead atoms. The molecule has 0 aliphatic heterocycles. The first-order valence-electron chi connectivity index (χ1n) is 10.7. The molecule has 0 aliphatic carbocycles. The fraction of sp³-hybridized carbons (Fsp3) is 0.333. The average molecular weight is 565 g/mol. The molecule has 0 radical (unpaired) electrons. The molecule has 0 fully saturated rings. The Balaban J connectivity index is 0.00000385. The molecule has 1 aromatic heterocycles. The van der Waals surface area contributed by atoms with E-state index in [-0.39, 0.29) is 24.0 Å². The van der Waals surface area contributed by atoms with Gasteiger partial charge in [0, 0.05) is 44.6 Å². The number of methoxy groups -OCH3 is 2. The van der Waals surface area contributed by atoms with Crippen LogP contribution in [0.5, 0.6) is 11.5 Å². The Bertz CT molecular complexity index is 992. The largest absolute Gasteiger partial charge is 0.497 e. The van der Waals surface area contributed by atoms with E-state index in [1.807, 2.05) is 72.4 Å². The van der Waals surface area contributed by atoms with Gasteiger partial charge in [0.05, 0.1) is 31.6 Å². The van der Waals surface area contributed by atoms with E-state index < -0.39 is 0 Å². The molecule has 8 nitrogen and oxygen atoms in total. The van der Waals surface area contributed by atoms with E-state index in [0.717, 1.165) is 41.5 Å². The Morgan fingerprint density at radius 2 is 1.85 bits per heavy atom. The van der Waals surface area contributed by atoms with E-state index in [9.17, 15) is 0 Å². The number of aromatic nitrogens is 2. The third-order valence-corrected chi connectivity index (χ3v) is 4.58. The van der Waals surface area contributed by atoms with Crippen molar-refractivity contribution in [1.29, 1.82) is 0 Å². The molecule has 0 unspecified atom stereocenters. The van der Waals surface area contributed by atoms with Gasteiger partial charge in [0.1, 0.15) is 11.5 Å². The van der Waals surface area contributed by atoms with E-state index in [0.29, 0.717) is 25.7 Å². The van der Waals surface area contributed by atoms with Crippen molar-refractivity contribution in [3.05, 3.63) is 66.5 Å². The first-order valence-corrected chi connectivity index (χ1v) is 10.7. The zero-order valence-electron chi connectivity index (χ0n) is 19.3. The second-order valence-corrected chi connectivity index (χ2v) is 6.99. The standard InChI is InChI=1S/C24H31N5O3.HI/c1-4-25-24(27-19-7-5-8-23(17-19)32-16-6-15-30-2)26-18-20-13-14-29(28-20)21-9-11-22(31-3)12-10-21;/h5,7-14,17H,4,6,15-16,18H2,1-3H3,(H2,25,26,27);1H. The van der Waals surface area contributed by atoms with E-state index in [1.165, 1.54) is 0 Å². The average Bonchev–Trinajstić information content (AvgIpc) is 3.30. The van der Waals surface area contributed by atoms with Crippen LogP contribution >= 0.6 is 24.0 Å². The molecule has 33 heavy (non-hydrogen) atoms. The lowest BCUT2D eigenvalue weighted by Crippen LogP contribution is -2.30. The summed E-state index contributed by atoms with van der Waals surface area (Å²) in [6.45, 7) is 4.53. The van der Waals surface area contributed by atoms with Gasteiger partial charge in [-0.1, -0.05) is 6.07 Å². The van der Waals surface area contributed by atoms with Gasteiger partial charge in [-0.3, -0.25) is 0 Å². The predicted octanol–water partition coefficient (Wildman–Crippen LogP) is 4.49. The van der Waals surface area contributed by atoms with Crippen LogP contribution in [0.2, 0.25) is 0 Å². The van der Waals surface area contributed by atoms with Crippen LogP contribution in [0.25, 0.3) is 5.69 Å². The molecule has 0 atom stereocenters. The summed E-state index contributed by atoms with van der Waals surface area (Å²) < 4.78 is 17.9. The molecule has 3 rings (SSSR count). The van der Waals surface area contributed by atoms with Gasteiger partial charge < -0.3 is 24.8 Å². The van der Waals surface area contributed by atoms with Gasteiger partial charge in [0.25, 0.3) is 0 Å². The number of benzene rings is 2. The summed E-state index contributed by atoms with van der Waals surface area (Å²) in [7, 11) is 3.34. The van der Waals surface area contributed by atoms with Crippen molar-refractivity contribution >= 4 is 35.6 Å². The first kappa shape index (κ1) is 26.5. The van der Waals surface area contributed by atoms with Crippen molar-refractivity contribution in [2.24, 2.45) is 4.99 Å². The van der Waals surface area contributed by atoms with Gasteiger partial charge in [-0.2, -0.15) is 5.10 Å². The lowest BCUT2D eigenvalue weighted by molar-refractivity contribution is 0.172. The van der Waals surface area contributed by atoms with Crippen molar-refractivity contribution in [2.75, 3.05) is 39.3 Å². The SMILES string of the molecule is CCNC(=NCc1ccn(-c2ccc(OC)cc2)n1)Nc1cccc(OCCCOC)c1.I. The topological polar surface area (TPSA) is 81.9 Å². The van der Waals surface area contributed by atoms with Crippen LogP contribution in [0.1, 0.15) is 19.0 Å². The molecule has 2 aromatic carbocycles. The van der Waals surface area contributed by atoms with Gasteiger partial charge >= 0.3 is 0 Å². The molecule has 0 aliphatic rings. The predicted molar refractivity (Wildman–Crippen MR) is 142 cm³/mol. The molecule has 0 spiro atoms. The zero-order valence-corrected chi connectivity index (χ0v) is 21.6. The number of halogens is 1. The Morgan fingerprint density at radius 3 is 2.58 bits per heavy atom. The maximum Gasteiger partial charge on any atom is 0.196 e. The monoisotopic (exact) mass is 565 g/mol. The number of aliphatic imine (C=N–C) groups is 1. The maximum absolute atomic E-state index is 5.78. The van der Waals surface area contributed by atoms with Crippen LogP contribution in [0, 0.1) is 0 Å². The molecule has 178 valence electrons. The quantitative estimate of drug-likeness (QED) is 0.154. The van der Waals surface area contributed by atoms with Gasteiger partial charge in [0.2, 0.25) is 0 Å². The summed E-state index contributed by atoms with van der Waals surface area (Å²) in [4.78, 5) is 4.67. The minimum Gasteiger partial charge on any atom is -0.497 e. The summed E-state index contributed by atoms with van der Waals surface area (Å²) in [6.07, 6.45) is 2.78. The van der Waals surface area contributed by atoms with Crippen molar-refractivity contribution in [2.45, 2.75) is 19.9 Å². The van der Waals surface area contributed by atoms with E-state index >= 15 is 0 Å². The Hall–Kier alpha value is -2.79. The number of nitrogens with zero attached hydrogens (tertiary/aromatic N) is 3. The third-order valence-electron chi connectivity index (χ3n) is 4.58. The van der Waals surface area contributed by atoms with Crippen molar-refractivity contribution in [3.63, 3.8) is 0 Å². The number of ether oxygens (including phenoxy) is 3. The molecule has 3 aromatic rings. The Morgan fingerprint density at radius 1 is 1.03 bits per heavy atom. The molecule has 0 saturated carbocycles. The molecule has 1 heterocycles. The number of nitrogens with one attached hydrogen (secondary N) is 2. The molecular formula is C24H32IN5O3. The smallest absolute Gasteiger partial charge is 0.196 e. The van der Waals surface area contributed by atoms with Crippen molar-refractivity contribution in [3.8, 4) is 17.2 Å². The Labute approximate surface area is 212 Å². The van der Waals surface area contributed by atoms with Crippen LogP contribution < -0.4 is 20.1 Å². The fourth-order valence-corrected chi connectivity index (χ4v) is 2.99. The third kappa shape index (κ3) is 8.58. The van der Waals surface area contributed by atoms with Crippen molar-refractivity contribution in [1.82, 2.24) is 15.1 Å². The van der Waals surface area contributed by atoms with Gasteiger partial charge in [-0.05, 0) is 49.4 Å². The number of rotatable bonds is 11. The molecule has 0 amide bonds. The summed E-state index contributed by atoms with van der Waals surface area (Å²) in [5, 5.41) is 11.2. The van der Waals surface area contributed by atoms with Gasteiger partial charge in [-0.25, -0.2) is 9.67 Å². The number of anilines is 1. The molecular weight excluding hydrogens is 533 g/mol. The van der Waals surface area contributed by atoms with Crippen LogP contribution in [0.4, 0.5) is 5.69 Å². The highest BCUT2D eigenvalue weighted by molar-refractivity contribution is 14.0. The second kappa shape index (κ2) is 14.4. The van der Waals surface area contributed by atoms with Crippen LogP contribution in [0.15, 0.2) is 65.8 Å². The van der Waals surface area contributed by atoms with E-state index in [2.05, 4.69) is 20.7 Å². The highest BCUT2D eigenvalue weighted by atomic mass is 127. The fourth-order valence-electron chi connectivity index (χ4n) is 2.99. The lowest BCUT2D eigenvalue weighted by Gasteiger charge is -2.12. The summed E-state index contributed by atoms with van der Waals surface area (Å²) in [5.41, 5.74) is 2.74. The van der Waals surface area contributed by atoms with Gasteiger partial charge in [-0.15, -0.1) is 24.0 Å². The number of guanidine groups is 1. The highest BCUT2D eigenvalue weighted by Crippen LogP contribution is 2.18. The highest BCUT2D eigenvalue weighted by Gasteiger charge is 2.04. The minimum atomic E-state index is 0. The van der Waals surface area contributed by atoms with Crippen LogP contribution in [-0.2, 0) is 11.3 Å². The Kier molecular flexibility index (Phi) is 11.5. The summed E-state index contributed by atoms with van der Waals surface area (Å²) >= 11 is 0. The van der Waals surface area contributed by atoms with Crippen LogP contribution in [-0.4, -0.2) is 49.7 Å². The van der Waals surface area contributed by atoms with Crippen molar-refractivity contribution < 1.29 is 14.2 Å². The molecule has 0 saturated heterocycles. The summed E-state index contributed by atoms with van der Waals surface area (Å²) in [6, 6.07) is 17.6. The second-order valence-electron chi connectivity index (χ2n) is 6.99. The van der Waals surface area contributed by atoms with Gasteiger partial charge in [0.15, 0.2) is 5.96 Å². The maximum atomic E-state index is 5.78. The van der Waals surface area contributed by atoms with E-state index in [1.54, 1.807) is 14.2 Å². The normalized spacial score (nSPS) is 10.9. The summed E-state index contributed by atoms with van der Waals surface area (Å²) in [5.74, 6) is 2.31. The number of hydrogen-bond donors (Lipinski definition) is 2. The molecule has 9 heteroatoms. The minimum absolute atomic E-state index is 0. The molecule has 2 N–H and O–H groups in total. The number of hydrogen-bond acceptors (Lipinski definition) is 5. The van der Waals surface area contributed by atoms with Crippen LogP contribution in [0.3, 0.4) is 0 Å². The first-order chi connectivity index (χ1) is 15.7. The lowest BCUT2D eigenvalue weighted by atomic mass is 10.3. The zero-order chi connectivity index (χ0) is 22.6. The van der Waals surface area contributed by atoms with E-state index in [4.69, 9.17) is 14.2 Å².